The number of rotatable bonds is 5. The molecule has 0 spiro atoms. The summed E-state index contributed by atoms with van der Waals surface area (Å²) in [5.41, 5.74) is 2.09. The van der Waals surface area contributed by atoms with Gasteiger partial charge in [0.25, 0.3) is 0 Å². The van der Waals surface area contributed by atoms with Crippen LogP contribution in [0.5, 0.6) is 0 Å². The summed E-state index contributed by atoms with van der Waals surface area (Å²) in [5.74, 6) is 0. The minimum absolute atomic E-state index is 0.0230. The van der Waals surface area contributed by atoms with Crippen LogP contribution in [0, 0.1) is 0 Å². The first-order valence-electron chi connectivity index (χ1n) is 7.04. The Bertz CT molecular complexity index is 572. The van der Waals surface area contributed by atoms with Crippen molar-refractivity contribution in [2.75, 3.05) is 6.61 Å². The fourth-order valence-corrected chi connectivity index (χ4v) is 2.17. The van der Waals surface area contributed by atoms with Crippen molar-refractivity contribution in [3.63, 3.8) is 0 Å². The molecule has 0 amide bonds. The molecule has 1 atom stereocenters. The lowest BCUT2D eigenvalue weighted by molar-refractivity contribution is 0.243. The van der Waals surface area contributed by atoms with Gasteiger partial charge in [0.15, 0.2) is 0 Å². The molecule has 2 rings (SSSR count). The van der Waals surface area contributed by atoms with Gasteiger partial charge in [-0.05, 0) is 38.5 Å². The third-order valence-electron chi connectivity index (χ3n) is 3.33. The second-order valence-corrected chi connectivity index (χ2v) is 6.57. The fourth-order valence-electron chi connectivity index (χ4n) is 2.04. The number of nitrogens with zero attached hydrogens (tertiary/aromatic N) is 2. The topological polar surface area (TPSA) is 50.1 Å². The monoisotopic (exact) mass is 307 g/mol. The summed E-state index contributed by atoms with van der Waals surface area (Å²) in [6, 6.07) is 7.40. The summed E-state index contributed by atoms with van der Waals surface area (Å²) in [6.07, 6.45) is 3.89. The van der Waals surface area contributed by atoms with E-state index < -0.39 is 0 Å². The van der Waals surface area contributed by atoms with E-state index >= 15 is 0 Å². The Morgan fingerprint density at radius 1 is 1.29 bits per heavy atom. The molecule has 1 aromatic heterocycles. The molecule has 1 aromatic carbocycles. The summed E-state index contributed by atoms with van der Waals surface area (Å²) < 4.78 is 1.94. The predicted molar refractivity (Wildman–Crippen MR) is 85.3 cm³/mol. The van der Waals surface area contributed by atoms with E-state index in [1.165, 1.54) is 0 Å². The van der Waals surface area contributed by atoms with Crippen molar-refractivity contribution in [1.29, 1.82) is 0 Å². The summed E-state index contributed by atoms with van der Waals surface area (Å²) in [6.45, 7) is 7.03. The molecule has 1 unspecified atom stereocenters. The number of aliphatic hydroxyl groups is 1. The van der Waals surface area contributed by atoms with Crippen molar-refractivity contribution >= 4 is 11.6 Å². The molecule has 0 radical (unpaired) electrons. The smallest absolute Gasteiger partial charge is 0.0626 e. The molecule has 4 nitrogen and oxygen atoms in total. The number of benzene rings is 1. The van der Waals surface area contributed by atoms with Crippen molar-refractivity contribution in [3.8, 4) is 0 Å². The van der Waals surface area contributed by atoms with Crippen LogP contribution in [-0.4, -0.2) is 21.5 Å². The SMILES string of the molecule is CC(C)(C)n1cc(CNC(CO)c2ccc(Cl)cc2)cn1. The number of hydrogen-bond donors (Lipinski definition) is 2. The fraction of sp³-hybridized carbons (Fsp3) is 0.438. The van der Waals surface area contributed by atoms with Gasteiger partial charge in [-0.15, -0.1) is 0 Å². The summed E-state index contributed by atoms with van der Waals surface area (Å²) in [5, 5.41) is 18.0. The van der Waals surface area contributed by atoms with Crippen molar-refractivity contribution in [2.24, 2.45) is 0 Å². The van der Waals surface area contributed by atoms with Gasteiger partial charge in [0.05, 0.1) is 24.4 Å². The number of aromatic nitrogens is 2. The maximum absolute atomic E-state index is 9.54. The van der Waals surface area contributed by atoms with Crippen molar-refractivity contribution in [3.05, 3.63) is 52.8 Å². The zero-order valence-corrected chi connectivity index (χ0v) is 13.4. The summed E-state index contributed by atoms with van der Waals surface area (Å²) >= 11 is 5.88. The standard InChI is InChI=1S/C16H22ClN3O/c1-16(2,3)20-10-12(9-19-20)8-18-15(11-21)13-4-6-14(17)7-5-13/h4-7,9-10,15,18,21H,8,11H2,1-3H3. The highest BCUT2D eigenvalue weighted by Gasteiger charge is 2.15. The van der Waals surface area contributed by atoms with E-state index in [2.05, 4.69) is 31.2 Å². The van der Waals surface area contributed by atoms with Crippen LogP contribution in [-0.2, 0) is 12.1 Å². The van der Waals surface area contributed by atoms with Crippen LogP contribution in [0.25, 0.3) is 0 Å². The average Bonchev–Trinajstić information content (AvgIpc) is 2.90. The second kappa shape index (κ2) is 6.60. The highest BCUT2D eigenvalue weighted by atomic mass is 35.5. The lowest BCUT2D eigenvalue weighted by Gasteiger charge is -2.19. The van der Waals surface area contributed by atoms with Crippen LogP contribution in [0.15, 0.2) is 36.7 Å². The van der Waals surface area contributed by atoms with E-state index in [4.69, 9.17) is 11.6 Å². The van der Waals surface area contributed by atoms with Gasteiger partial charge in [-0.1, -0.05) is 23.7 Å². The Balaban J connectivity index is 2.00. The molecule has 0 saturated heterocycles. The van der Waals surface area contributed by atoms with Gasteiger partial charge < -0.3 is 10.4 Å². The molecular formula is C16H22ClN3O. The Morgan fingerprint density at radius 3 is 2.48 bits per heavy atom. The van der Waals surface area contributed by atoms with Gasteiger partial charge in [-0.3, -0.25) is 4.68 Å². The maximum Gasteiger partial charge on any atom is 0.0626 e. The molecule has 1 heterocycles. The van der Waals surface area contributed by atoms with Crippen molar-refractivity contribution in [2.45, 2.75) is 38.9 Å². The number of nitrogens with one attached hydrogen (secondary N) is 1. The minimum Gasteiger partial charge on any atom is -0.394 e. The summed E-state index contributed by atoms with van der Waals surface area (Å²) in [4.78, 5) is 0. The van der Waals surface area contributed by atoms with E-state index in [0.717, 1.165) is 11.1 Å². The molecule has 2 aromatic rings. The van der Waals surface area contributed by atoms with Gasteiger partial charge in [0.1, 0.15) is 0 Å². The first-order chi connectivity index (χ1) is 9.90. The molecule has 5 heteroatoms. The van der Waals surface area contributed by atoms with E-state index in [0.29, 0.717) is 11.6 Å². The van der Waals surface area contributed by atoms with Crippen LogP contribution >= 0.6 is 11.6 Å². The third-order valence-corrected chi connectivity index (χ3v) is 3.58. The Kier molecular flexibility index (Phi) is 5.04. The lowest BCUT2D eigenvalue weighted by atomic mass is 10.1. The molecule has 2 N–H and O–H groups in total. The first-order valence-corrected chi connectivity index (χ1v) is 7.41. The molecule has 0 aliphatic heterocycles. The molecule has 0 aliphatic carbocycles. The molecular weight excluding hydrogens is 286 g/mol. The average molecular weight is 308 g/mol. The predicted octanol–water partition coefficient (Wildman–Crippen LogP) is 3.11. The second-order valence-electron chi connectivity index (χ2n) is 6.13. The van der Waals surface area contributed by atoms with Gasteiger partial charge in [0.2, 0.25) is 0 Å². The molecule has 0 saturated carbocycles. The molecule has 0 aliphatic rings. The van der Waals surface area contributed by atoms with Crippen LogP contribution in [0.3, 0.4) is 0 Å². The third kappa shape index (κ3) is 4.30. The number of aliphatic hydroxyl groups excluding tert-OH is 1. The zero-order chi connectivity index (χ0) is 15.5. The van der Waals surface area contributed by atoms with Gasteiger partial charge in [-0.2, -0.15) is 5.10 Å². The molecule has 114 valence electrons. The van der Waals surface area contributed by atoms with Crippen LogP contribution in [0.2, 0.25) is 5.02 Å². The minimum atomic E-state index is -0.111. The van der Waals surface area contributed by atoms with Crippen molar-refractivity contribution < 1.29 is 5.11 Å². The van der Waals surface area contributed by atoms with Gasteiger partial charge >= 0.3 is 0 Å². The molecule has 21 heavy (non-hydrogen) atoms. The molecule has 0 bridgehead atoms. The number of hydrogen-bond acceptors (Lipinski definition) is 3. The van der Waals surface area contributed by atoms with E-state index in [1.807, 2.05) is 41.3 Å². The highest BCUT2D eigenvalue weighted by molar-refractivity contribution is 6.30. The van der Waals surface area contributed by atoms with E-state index in [9.17, 15) is 5.11 Å². The first kappa shape index (κ1) is 16.0. The normalized spacial score (nSPS) is 13.4. The lowest BCUT2D eigenvalue weighted by Crippen LogP contribution is -2.24. The van der Waals surface area contributed by atoms with E-state index in [1.54, 1.807) is 0 Å². The Labute approximate surface area is 130 Å². The van der Waals surface area contributed by atoms with Crippen LogP contribution in [0.4, 0.5) is 0 Å². The maximum atomic E-state index is 9.54. The van der Waals surface area contributed by atoms with Crippen LogP contribution < -0.4 is 5.32 Å². The van der Waals surface area contributed by atoms with Crippen molar-refractivity contribution in [1.82, 2.24) is 15.1 Å². The number of halogens is 1. The van der Waals surface area contributed by atoms with Gasteiger partial charge in [0, 0.05) is 23.3 Å². The Morgan fingerprint density at radius 2 is 1.95 bits per heavy atom. The van der Waals surface area contributed by atoms with E-state index in [-0.39, 0.29) is 18.2 Å². The van der Waals surface area contributed by atoms with Gasteiger partial charge in [-0.25, -0.2) is 0 Å². The molecule has 0 fully saturated rings. The summed E-state index contributed by atoms with van der Waals surface area (Å²) in [7, 11) is 0. The van der Waals surface area contributed by atoms with Crippen LogP contribution in [0.1, 0.15) is 37.9 Å². The zero-order valence-electron chi connectivity index (χ0n) is 12.7. The quantitative estimate of drug-likeness (QED) is 0.892. The Hall–Kier alpha value is -1.36. The highest BCUT2D eigenvalue weighted by Crippen LogP contribution is 2.17. The largest absolute Gasteiger partial charge is 0.394 e.